The second-order valence-electron chi connectivity index (χ2n) is 5.98. The SMILES string of the molecule is COC(=O)C1(C(O)(C=O)c2ccc(C)cc2C)CCCC1. The van der Waals surface area contributed by atoms with E-state index in [-0.39, 0.29) is 0 Å². The van der Waals surface area contributed by atoms with Crippen LogP contribution in [0, 0.1) is 19.3 Å². The monoisotopic (exact) mass is 290 g/mol. The molecular formula is C17H22O4. The summed E-state index contributed by atoms with van der Waals surface area (Å²) < 4.78 is 4.91. The van der Waals surface area contributed by atoms with Crippen molar-refractivity contribution in [2.45, 2.75) is 45.1 Å². The predicted octanol–water partition coefficient (Wildman–Crippen LogP) is 2.42. The Morgan fingerprint density at radius 1 is 1.33 bits per heavy atom. The van der Waals surface area contributed by atoms with E-state index in [9.17, 15) is 14.7 Å². The summed E-state index contributed by atoms with van der Waals surface area (Å²) in [5.74, 6) is -0.505. The van der Waals surface area contributed by atoms with Gasteiger partial charge in [-0.15, -0.1) is 0 Å². The first-order chi connectivity index (χ1) is 9.91. The number of rotatable bonds is 4. The van der Waals surface area contributed by atoms with Gasteiger partial charge < -0.3 is 9.84 Å². The predicted molar refractivity (Wildman–Crippen MR) is 78.8 cm³/mol. The first-order valence-corrected chi connectivity index (χ1v) is 7.26. The first kappa shape index (κ1) is 15.7. The van der Waals surface area contributed by atoms with E-state index in [2.05, 4.69) is 0 Å². The van der Waals surface area contributed by atoms with E-state index in [0.717, 1.165) is 24.0 Å². The van der Waals surface area contributed by atoms with Crippen molar-refractivity contribution in [2.75, 3.05) is 7.11 Å². The molecule has 1 unspecified atom stereocenters. The molecule has 4 nitrogen and oxygen atoms in total. The summed E-state index contributed by atoms with van der Waals surface area (Å²) in [4.78, 5) is 24.2. The molecule has 1 atom stereocenters. The number of aldehydes is 1. The Labute approximate surface area is 125 Å². The standard InChI is InChI=1S/C17H22O4/c1-12-6-7-14(13(2)10-12)17(20,11-18)16(15(19)21-3)8-4-5-9-16/h6-7,10-11,20H,4-5,8-9H2,1-3H3. The van der Waals surface area contributed by atoms with Crippen molar-refractivity contribution >= 4 is 12.3 Å². The zero-order valence-electron chi connectivity index (χ0n) is 12.8. The number of hydrogen-bond acceptors (Lipinski definition) is 4. The molecule has 1 N–H and O–H groups in total. The molecule has 1 aromatic carbocycles. The van der Waals surface area contributed by atoms with E-state index in [1.807, 2.05) is 26.0 Å². The Bertz CT molecular complexity index is 558. The third-order valence-corrected chi connectivity index (χ3v) is 4.73. The van der Waals surface area contributed by atoms with Crippen molar-refractivity contribution in [3.8, 4) is 0 Å². The van der Waals surface area contributed by atoms with Crippen LogP contribution in [0.1, 0.15) is 42.4 Å². The smallest absolute Gasteiger partial charge is 0.315 e. The molecular weight excluding hydrogens is 268 g/mol. The molecule has 0 amide bonds. The average molecular weight is 290 g/mol. The maximum Gasteiger partial charge on any atom is 0.315 e. The van der Waals surface area contributed by atoms with Crippen LogP contribution >= 0.6 is 0 Å². The van der Waals surface area contributed by atoms with Crippen LogP contribution in [-0.2, 0) is 19.9 Å². The molecule has 0 saturated heterocycles. The number of benzene rings is 1. The van der Waals surface area contributed by atoms with Crippen LogP contribution in [0.15, 0.2) is 18.2 Å². The van der Waals surface area contributed by atoms with E-state index in [4.69, 9.17) is 4.74 Å². The van der Waals surface area contributed by atoms with Gasteiger partial charge in [-0.25, -0.2) is 0 Å². The first-order valence-electron chi connectivity index (χ1n) is 7.26. The summed E-state index contributed by atoms with van der Waals surface area (Å²) in [5.41, 5.74) is -0.670. The van der Waals surface area contributed by atoms with Crippen LogP contribution in [0.2, 0.25) is 0 Å². The van der Waals surface area contributed by atoms with Gasteiger partial charge in [-0.2, -0.15) is 0 Å². The third kappa shape index (κ3) is 2.27. The zero-order valence-corrected chi connectivity index (χ0v) is 12.8. The van der Waals surface area contributed by atoms with Gasteiger partial charge in [0.05, 0.1) is 7.11 Å². The molecule has 0 bridgehead atoms. The van der Waals surface area contributed by atoms with Crippen LogP contribution in [0.5, 0.6) is 0 Å². The lowest BCUT2D eigenvalue weighted by Crippen LogP contribution is -2.51. The molecule has 1 saturated carbocycles. The molecule has 0 heterocycles. The normalized spacial score (nSPS) is 19.8. The van der Waals surface area contributed by atoms with Crippen molar-refractivity contribution in [3.05, 3.63) is 34.9 Å². The second-order valence-corrected chi connectivity index (χ2v) is 5.98. The van der Waals surface area contributed by atoms with Gasteiger partial charge in [0.1, 0.15) is 5.41 Å². The molecule has 1 aliphatic rings. The van der Waals surface area contributed by atoms with Crippen molar-refractivity contribution in [2.24, 2.45) is 5.41 Å². The molecule has 0 radical (unpaired) electrons. The topological polar surface area (TPSA) is 63.6 Å². The number of aryl methyl sites for hydroxylation is 2. The van der Waals surface area contributed by atoms with Crippen LogP contribution < -0.4 is 0 Å². The fourth-order valence-corrected chi connectivity index (χ4v) is 3.59. The molecule has 4 heteroatoms. The Morgan fingerprint density at radius 2 is 1.95 bits per heavy atom. The molecule has 1 fully saturated rings. The molecule has 114 valence electrons. The summed E-state index contributed by atoms with van der Waals surface area (Å²) >= 11 is 0. The van der Waals surface area contributed by atoms with Crippen molar-refractivity contribution < 1.29 is 19.4 Å². The minimum atomic E-state index is -1.84. The van der Waals surface area contributed by atoms with Gasteiger partial charge in [-0.05, 0) is 37.8 Å². The molecule has 2 rings (SSSR count). The fraction of sp³-hybridized carbons (Fsp3) is 0.529. The Kier molecular flexibility index (Phi) is 4.19. The van der Waals surface area contributed by atoms with E-state index in [1.54, 1.807) is 6.07 Å². The average Bonchev–Trinajstić information content (AvgIpc) is 2.96. The summed E-state index contributed by atoms with van der Waals surface area (Å²) in [6.07, 6.45) is 3.03. The van der Waals surface area contributed by atoms with Gasteiger partial charge in [0.25, 0.3) is 0 Å². The zero-order chi connectivity index (χ0) is 15.7. The summed E-state index contributed by atoms with van der Waals surface area (Å²) in [7, 11) is 1.30. The largest absolute Gasteiger partial charge is 0.468 e. The summed E-state index contributed by atoms with van der Waals surface area (Å²) in [6.45, 7) is 3.79. The van der Waals surface area contributed by atoms with Gasteiger partial charge in [0.2, 0.25) is 0 Å². The highest BCUT2D eigenvalue weighted by atomic mass is 16.5. The van der Waals surface area contributed by atoms with E-state index in [0.29, 0.717) is 24.7 Å². The van der Waals surface area contributed by atoms with Crippen molar-refractivity contribution in [1.29, 1.82) is 0 Å². The summed E-state index contributed by atoms with van der Waals surface area (Å²) in [6, 6.07) is 5.49. The molecule has 21 heavy (non-hydrogen) atoms. The lowest BCUT2D eigenvalue weighted by Gasteiger charge is -2.40. The number of hydrogen-bond donors (Lipinski definition) is 1. The van der Waals surface area contributed by atoms with Gasteiger partial charge in [-0.3, -0.25) is 9.59 Å². The van der Waals surface area contributed by atoms with Gasteiger partial charge in [0.15, 0.2) is 11.9 Å². The summed E-state index contributed by atoms with van der Waals surface area (Å²) in [5, 5.41) is 11.1. The van der Waals surface area contributed by atoms with Gasteiger partial charge >= 0.3 is 5.97 Å². The lowest BCUT2D eigenvalue weighted by molar-refractivity contribution is -0.176. The Morgan fingerprint density at radius 3 is 2.43 bits per heavy atom. The number of methoxy groups -OCH3 is 1. The number of esters is 1. The highest BCUT2D eigenvalue weighted by Crippen LogP contribution is 2.52. The highest BCUT2D eigenvalue weighted by molar-refractivity contribution is 5.86. The van der Waals surface area contributed by atoms with Crippen molar-refractivity contribution in [3.63, 3.8) is 0 Å². The van der Waals surface area contributed by atoms with Crippen LogP contribution in [0.3, 0.4) is 0 Å². The lowest BCUT2D eigenvalue weighted by atomic mass is 9.66. The van der Waals surface area contributed by atoms with E-state index < -0.39 is 17.0 Å². The molecule has 0 aliphatic heterocycles. The van der Waals surface area contributed by atoms with E-state index in [1.165, 1.54) is 7.11 Å². The minimum absolute atomic E-state index is 0.461. The maximum atomic E-state index is 12.4. The van der Waals surface area contributed by atoms with E-state index >= 15 is 0 Å². The number of carbonyl (C=O) groups excluding carboxylic acids is 2. The molecule has 0 aromatic heterocycles. The van der Waals surface area contributed by atoms with Crippen molar-refractivity contribution in [1.82, 2.24) is 0 Å². The third-order valence-electron chi connectivity index (χ3n) is 4.73. The fourth-order valence-electron chi connectivity index (χ4n) is 3.59. The Hall–Kier alpha value is -1.68. The van der Waals surface area contributed by atoms with Crippen LogP contribution in [0.4, 0.5) is 0 Å². The highest BCUT2D eigenvalue weighted by Gasteiger charge is 2.59. The maximum absolute atomic E-state index is 12.4. The van der Waals surface area contributed by atoms with Crippen LogP contribution in [0.25, 0.3) is 0 Å². The molecule has 0 spiro atoms. The van der Waals surface area contributed by atoms with Gasteiger partial charge in [-0.1, -0.05) is 36.6 Å². The Balaban J connectivity index is 2.63. The number of carbonyl (C=O) groups is 2. The van der Waals surface area contributed by atoms with Gasteiger partial charge in [0, 0.05) is 0 Å². The number of ether oxygens (including phenoxy) is 1. The minimum Gasteiger partial charge on any atom is -0.468 e. The second kappa shape index (κ2) is 5.60. The molecule has 1 aromatic rings. The van der Waals surface area contributed by atoms with Crippen LogP contribution in [-0.4, -0.2) is 24.5 Å². The number of aliphatic hydroxyl groups is 1. The molecule has 1 aliphatic carbocycles. The quantitative estimate of drug-likeness (QED) is 0.683.